The molecule has 0 aromatic heterocycles. The van der Waals surface area contributed by atoms with Gasteiger partial charge in [0.1, 0.15) is 0 Å². The number of likely N-dealkylation sites (N-methyl/N-ethyl adjacent to an activating group) is 1. The van der Waals surface area contributed by atoms with Crippen molar-refractivity contribution in [1.82, 2.24) is 10.6 Å². The molecule has 0 saturated heterocycles. The second-order valence-corrected chi connectivity index (χ2v) is 3.37. The molecule has 0 radical (unpaired) electrons. The van der Waals surface area contributed by atoms with E-state index < -0.39 is 0 Å². The van der Waals surface area contributed by atoms with Crippen LogP contribution in [0.5, 0.6) is 0 Å². The molecular weight excluding hydrogens is 152 g/mol. The first kappa shape index (κ1) is 9.96. The van der Waals surface area contributed by atoms with Crippen LogP contribution in [-0.4, -0.2) is 39.4 Å². The lowest BCUT2D eigenvalue weighted by Crippen LogP contribution is -2.39. The van der Waals surface area contributed by atoms with Crippen molar-refractivity contribution < 1.29 is 4.74 Å². The standard InChI is InChI=1S/C9H20N2O/c1-10-6-7-11-8-4-3-5-9(8)12-2/h8-11H,3-7H2,1-2H3. The lowest BCUT2D eigenvalue weighted by atomic mass is 10.2. The topological polar surface area (TPSA) is 33.3 Å². The maximum Gasteiger partial charge on any atom is 0.0724 e. The summed E-state index contributed by atoms with van der Waals surface area (Å²) in [5, 5.41) is 6.62. The van der Waals surface area contributed by atoms with E-state index in [4.69, 9.17) is 4.74 Å². The predicted octanol–water partition coefficient (Wildman–Crippen LogP) is 0.363. The molecule has 2 N–H and O–H groups in total. The van der Waals surface area contributed by atoms with E-state index in [1.54, 1.807) is 0 Å². The number of hydrogen-bond acceptors (Lipinski definition) is 3. The second-order valence-electron chi connectivity index (χ2n) is 3.37. The maximum absolute atomic E-state index is 5.37. The first-order valence-electron chi connectivity index (χ1n) is 4.79. The Kier molecular flexibility index (Phi) is 4.58. The van der Waals surface area contributed by atoms with Crippen LogP contribution in [0.1, 0.15) is 19.3 Å². The molecule has 1 aliphatic carbocycles. The normalized spacial score (nSPS) is 29.5. The molecule has 2 unspecified atom stereocenters. The Bertz CT molecular complexity index is 119. The van der Waals surface area contributed by atoms with Crippen LogP contribution in [0.2, 0.25) is 0 Å². The van der Waals surface area contributed by atoms with Crippen molar-refractivity contribution in [3.05, 3.63) is 0 Å². The summed E-state index contributed by atoms with van der Waals surface area (Å²) in [5.74, 6) is 0. The molecule has 0 spiro atoms. The highest BCUT2D eigenvalue weighted by atomic mass is 16.5. The first-order chi connectivity index (χ1) is 5.88. The largest absolute Gasteiger partial charge is 0.380 e. The van der Waals surface area contributed by atoms with Crippen molar-refractivity contribution in [2.45, 2.75) is 31.4 Å². The Morgan fingerprint density at radius 2 is 2.17 bits per heavy atom. The molecule has 0 aromatic carbocycles. The van der Waals surface area contributed by atoms with Gasteiger partial charge in [0.25, 0.3) is 0 Å². The summed E-state index contributed by atoms with van der Waals surface area (Å²) in [7, 11) is 3.78. The van der Waals surface area contributed by atoms with Crippen LogP contribution >= 0.6 is 0 Å². The lowest BCUT2D eigenvalue weighted by Gasteiger charge is -2.19. The average molecular weight is 172 g/mol. The predicted molar refractivity (Wildman–Crippen MR) is 50.4 cm³/mol. The minimum Gasteiger partial charge on any atom is -0.380 e. The summed E-state index contributed by atoms with van der Waals surface area (Å²) in [5.41, 5.74) is 0. The van der Waals surface area contributed by atoms with Gasteiger partial charge in [0, 0.05) is 26.2 Å². The Morgan fingerprint density at radius 1 is 1.33 bits per heavy atom. The molecule has 2 atom stereocenters. The molecule has 0 heterocycles. The third kappa shape index (κ3) is 2.73. The van der Waals surface area contributed by atoms with E-state index in [1.165, 1.54) is 19.3 Å². The van der Waals surface area contributed by atoms with Gasteiger partial charge in [-0.15, -0.1) is 0 Å². The zero-order chi connectivity index (χ0) is 8.81. The fraction of sp³-hybridized carbons (Fsp3) is 1.00. The van der Waals surface area contributed by atoms with Crippen LogP contribution in [0.4, 0.5) is 0 Å². The highest BCUT2D eigenvalue weighted by Gasteiger charge is 2.25. The number of methoxy groups -OCH3 is 1. The van der Waals surface area contributed by atoms with Crippen LogP contribution < -0.4 is 10.6 Å². The molecule has 3 heteroatoms. The highest BCUT2D eigenvalue weighted by molar-refractivity contribution is 4.83. The van der Waals surface area contributed by atoms with E-state index >= 15 is 0 Å². The summed E-state index contributed by atoms with van der Waals surface area (Å²) in [6, 6.07) is 0.586. The molecule has 1 saturated carbocycles. The number of nitrogens with one attached hydrogen (secondary N) is 2. The van der Waals surface area contributed by atoms with Crippen molar-refractivity contribution in [3.63, 3.8) is 0 Å². The molecule has 1 rings (SSSR count). The van der Waals surface area contributed by atoms with Crippen LogP contribution in [0.15, 0.2) is 0 Å². The molecule has 72 valence electrons. The summed E-state index contributed by atoms with van der Waals surface area (Å²) >= 11 is 0. The van der Waals surface area contributed by atoms with Gasteiger partial charge in [-0.25, -0.2) is 0 Å². The Labute approximate surface area is 74.9 Å². The second kappa shape index (κ2) is 5.51. The highest BCUT2D eigenvalue weighted by Crippen LogP contribution is 2.20. The fourth-order valence-electron chi connectivity index (χ4n) is 1.82. The average Bonchev–Trinajstić information content (AvgIpc) is 2.52. The zero-order valence-corrected chi connectivity index (χ0v) is 8.10. The third-order valence-electron chi connectivity index (χ3n) is 2.54. The Hall–Kier alpha value is -0.120. The SMILES string of the molecule is CNCCNC1CCCC1OC. The summed E-state index contributed by atoms with van der Waals surface area (Å²) in [4.78, 5) is 0. The van der Waals surface area contributed by atoms with Gasteiger partial charge in [-0.1, -0.05) is 0 Å². The number of hydrogen-bond donors (Lipinski definition) is 2. The number of ether oxygens (including phenoxy) is 1. The van der Waals surface area contributed by atoms with Crippen molar-refractivity contribution in [1.29, 1.82) is 0 Å². The molecule has 1 fully saturated rings. The van der Waals surface area contributed by atoms with Gasteiger partial charge in [-0.3, -0.25) is 0 Å². The monoisotopic (exact) mass is 172 g/mol. The molecule has 0 aliphatic heterocycles. The lowest BCUT2D eigenvalue weighted by molar-refractivity contribution is 0.0855. The first-order valence-corrected chi connectivity index (χ1v) is 4.79. The molecule has 1 aliphatic rings. The van der Waals surface area contributed by atoms with Gasteiger partial charge in [-0.2, -0.15) is 0 Å². The van der Waals surface area contributed by atoms with Crippen molar-refractivity contribution in [2.75, 3.05) is 27.2 Å². The van der Waals surface area contributed by atoms with Gasteiger partial charge in [0.05, 0.1) is 6.10 Å². The number of rotatable bonds is 5. The fourth-order valence-corrected chi connectivity index (χ4v) is 1.82. The quantitative estimate of drug-likeness (QED) is 0.588. The molecule has 3 nitrogen and oxygen atoms in total. The van der Waals surface area contributed by atoms with Crippen LogP contribution in [-0.2, 0) is 4.74 Å². The summed E-state index contributed by atoms with van der Waals surface area (Å²) in [6.07, 6.45) is 4.23. The molecule has 0 bridgehead atoms. The van der Waals surface area contributed by atoms with E-state index in [0.717, 1.165) is 13.1 Å². The Morgan fingerprint density at radius 3 is 2.83 bits per heavy atom. The smallest absolute Gasteiger partial charge is 0.0724 e. The molecule has 0 amide bonds. The van der Waals surface area contributed by atoms with Crippen LogP contribution in [0, 0.1) is 0 Å². The van der Waals surface area contributed by atoms with Gasteiger partial charge >= 0.3 is 0 Å². The molecule has 0 aromatic rings. The minimum atomic E-state index is 0.446. The zero-order valence-electron chi connectivity index (χ0n) is 8.10. The molecule has 12 heavy (non-hydrogen) atoms. The van der Waals surface area contributed by atoms with Gasteiger partial charge in [0.2, 0.25) is 0 Å². The van der Waals surface area contributed by atoms with E-state index in [9.17, 15) is 0 Å². The summed E-state index contributed by atoms with van der Waals surface area (Å²) < 4.78 is 5.37. The van der Waals surface area contributed by atoms with Crippen LogP contribution in [0.25, 0.3) is 0 Å². The van der Waals surface area contributed by atoms with Gasteiger partial charge in [0.15, 0.2) is 0 Å². The van der Waals surface area contributed by atoms with E-state index in [1.807, 2.05) is 14.2 Å². The van der Waals surface area contributed by atoms with Crippen molar-refractivity contribution in [2.24, 2.45) is 0 Å². The summed E-state index contributed by atoms with van der Waals surface area (Å²) in [6.45, 7) is 2.08. The van der Waals surface area contributed by atoms with Crippen molar-refractivity contribution in [3.8, 4) is 0 Å². The maximum atomic E-state index is 5.37. The third-order valence-corrected chi connectivity index (χ3v) is 2.54. The van der Waals surface area contributed by atoms with Crippen LogP contribution in [0.3, 0.4) is 0 Å². The van der Waals surface area contributed by atoms with Gasteiger partial charge < -0.3 is 15.4 Å². The molecular formula is C9H20N2O. The van der Waals surface area contributed by atoms with E-state index in [0.29, 0.717) is 12.1 Å². The van der Waals surface area contributed by atoms with Crippen molar-refractivity contribution >= 4 is 0 Å². The van der Waals surface area contributed by atoms with Gasteiger partial charge in [-0.05, 0) is 26.3 Å². The minimum absolute atomic E-state index is 0.446. The van der Waals surface area contributed by atoms with E-state index in [-0.39, 0.29) is 0 Å². The Balaban J connectivity index is 2.12. The van der Waals surface area contributed by atoms with E-state index in [2.05, 4.69) is 10.6 Å².